The highest BCUT2D eigenvalue weighted by Gasteiger charge is 2.38. The van der Waals surface area contributed by atoms with E-state index in [9.17, 15) is 9.59 Å². The van der Waals surface area contributed by atoms with E-state index in [-0.39, 0.29) is 23.3 Å². The Morgan fingerprint density at radius 2 is 1.83 bits per heavy atom. The molecule has 0 radical (unpaired) electrons. The Hall–Kier alpha value is -1.36. The summed E-state index contributed by atoms with van der Waals surface area (Å²) in [4.78, 5) is 28.6. The summed E-state index contributed by atoms with van der Waals surface area (Å²) in [6.45, 7) is 11.6. The molecule has 1 atom stereocenters. The number of rotatable bonds is 5. The molecule has 0 aliphatic carbocycles. The molecule has 5 nitrogen and oxygen atoms in total. The second-order valence-corrected chi connectivity index (χ2v) is 7.21. The summed E-state index contributed by atoms with van der Waals surface area (Å²) in [7, 11) is 0. The summed E-state index contributed by atoms with van der Waals surface area (Å²) in [5, 5.41) is 0. The SMILES string of the molecule is C=CCC1N(C(=O)CCC(=O)N2CCOCC2)CCCC1(C)C. The summed E-state index contributed by atoms with van der Waals surface area (Å²) in [5.74, 6) is 0.171. The highest BCUT2D eigenvalue weighted by Crippen LogP contribution is 2.37. The van der Waals surface area contributed by atoms with Gasteiger partial charge in [0.25, 0.3) is 0 Å². The normalized spacial score (nSPS) is 24.3. The summed E-state index contributed by atoms with van der Waals surface area (Å²) in [6.07, 6.45) is 5.48. The van der Waals surface area contributed by atoms with Gasteiger partial charge in [-0.15, -0.1) is 6.58 Å². The monoisotopic (exact) mass is 322 g/mol. The van der Waals surface area contributed by atoms with Crippen LogP contribution in [0.15, 0.2) is 12.7 Å². The summed E-state index contributed by atoms with van der Waals surface area (Å²) in [6, 6.07) is 0.194. The van der Waals surface area contributed by atoms with Crippen LogP contribution in [0, 0.1) is 5.41 Å². The molecule has 130 valence electrons. The van der Waals surface area contributed by atoms with Gasteiger partial charge in [0, 0.05) is 38.5 Å². The quantitative estimate of drug-likeness (QED) is 0.729. The fraction of sp³-hybridized carbons (Fsp3) is 0.778. The molecular weight excluding hydrogens is 292 g/mol. The minimum Gasteiger partial charge on any atom is -0.378 e. The first-order valence-electron chi connectivity index (χ1n) is 8.71. The fourth-order valence-corrected chi connectivity index (χ4v) is 3.68. The Morgan fingerprint density at radius 3 is 2.48 bits per heavy atom. The second-order valence-electron chi connectivity index (χ2n) is 7.21. The van der Waals surface area contributed by atoms with Crippen LogP contribution in [-0.2, 0) is 14.3 Å². The zero-order chi connectivity index (χ0) is 16.9. The molecule has 2 amide bonds. The van der Waals surface area contributed by atoms with Crippen LogP contribution in [0.5, 0.6) is 0 Å². The van der Waals surface area contributed by atoms with Crippen molar-refractivity contribution in [2.45, 2.75) is 52.0 Å². The molecule has 0 spiro atoms. The van der Waals surface area contributed by atoms with Crippen molar-refractivity contribution in [2.75, 3.05) is 32.8 Å². The number of nitrogens with zero attached hydrogens (tertiary/aromatic N) is 2. The molecule has 2 aliphatic rings. The van der Waals surface area contributed by atoms with Crippen LogP contribution < -0.4 is 0 Å². The molecule has 0 aromatic rings. The average Bonchev–Trinajstić information content (AvgIpc) is 2.55. The third-order valence-corrected chi connectivity index (χ3v) is 5.13. The molecule has 2 rings (SSSR count). The number of likely N-dealkylation sites (tertiary alicyclic amines) is 1. The fourth-order valence-electron chi connectivity index (χ4n) is 3.68. The molecule has 23 heavy (non-hydrogen) atoms. The van der Waals surface area contributed by atoms with Gasteiger partial charge >= 0.3 is 0 Å². The molecule has 5 heteroatoms. The predicted octanol–water partition coefficient (Wildman–Crippen LogP) is 2.22. The van der Waals surface area contributed by atoms with Crippen molar-refractivity contribution in [3.05, 3.63) is 12.7 Å². The van der Waals surface area contributed by atoms with Crippen LogP contribution in [-0.4, -0.2) is 60.5 Å². The van der Waals surface area contributed by atoms with Crippen molar-refractivity contribution < 1.29 is 14.3 Å². The van der Waals surface area contributed by atoms with E-state index >= 15 is 0 Å². The smallest absolute Gasteiger partial charge is 0.223 e. The molecular formula is C18H30N2O3. The Bertz CT molecular complexity index is 442. The molecule has 0 saturated carbocycles. The number of carbonyl (C=O) groups is 2. The lowest BCUT2D eigenvalue weighted by Crippen LogP contribution is -2.52. The van der Waals surface area contributed by atoms with Crippen LogP contribution in [0.1, 0.15) is 46.0 Å². The standard InChI is InChI=1S/C18H30N2O3/c1-4-6-15-18(2,3)9-5-10-20(15)17(22)8-7-16(21)19-11-13-23-14-12-19/h4,15H,1,5-14H2,2-3H3. The maximum atomic E-state index is 12.7. The van der Waals surface area contributed by atoms with Crippen molar-refractivity contribution in [3.8, 4) is 0 Å². The van der Waals surface area contributed by atoms with Gasteiger partial charge in [0.05, 0.1) is 13.2 Å². The van der Waals surface area contributed by atoms with Crippen LogP contribution in [0.3, 0.4) is 0 Å². The highest BCUT2D eigenvalue weighted by atomic mass is 16.5. The Labute approximate surface area is 139 Å². The zero-order valence-electron chi connectivity index (χ0n) is 14.6. The van der Waals surface area contributed by atoms with Crippen molar-refractivity contribution in [2.24, 2.45) is 5.41 Å². The minimum absolute atomic E-state index is 0.0678. The van der Waals surface area contributed by atoms with E-state index in [2.05, 4.69) is 20.4 Å². The molecule has 2 saturated heterocycles. The van der Waals surface area contributed by atoms with E-state index in [1.165, 1.54) is 0 Å². The van der Waals surface area contributed by atoms with Gasteiger partial charge < -0.3 is 14.5 Å². The molecule has 1 unspecified atom stereocenters. The average molecular weight is 322 g/mol. The topological polar surface area (TPSA) is 49.9 Å². The molecule has 2 aliphatic heterocycles. The molecule has 0 aromatic heterocycles. The van der Waals surface area contributed by atoms with E-state index in [1.807, 2.05) is 11.0 Å². The summed E-state index contributed by atoms with van der Waals surface area (Å²) >= 11 is 0. The van der Waals surface area contributed by atoms with Gasteiger partial charge in [0.1, 0.15) is 0 Å². The number of hydrogen-bond acceptors (Lipinski definition) is 3. The molecule has 2 fully saturated rings. The van der Waals surface area contributed by atoms with Crippen LogP contribution in [0.2, 0.25) is 0 Å². The van der Waals surface area contributed by atoms with Crippen molar-refractivity contribution in [3.63, 3.8) is 0 Å². The van der Waals surface area contributed by atoms with Crippen LogP contribution >= 0.6 is 0 Å². The molecule has 0 aromatic carbocycles. The van der Waals surface area contributed by atoms with Gasteiger partial charge in [-0.25, -0.2) is 0 Å². The first-order valence-corrected chi connectivity index (χ1v) is 8.71. The van der Waals surface area contributed by atoms with Crippen molar-refractivity contribution in [1.82, 2.24) is 9.80 Å². The summed E-state index contributed by atoms with van der Waals surface area (Å²) in [5.41, 5.74) is 0.107. The summed E-state index contributed by atoms with van der Waals surface area (Å²) < 4.78 is 5.26. The first kappa shape index (κ1) is 18.0. The number of morpholine rings is 1. The molecule has 0 bridgehead atoms. The van der Waals surface area contributed by atoms with Gasteiger partial charge in [-0.2, -0.15) is 0 Å². The van der Waals surface area contributed by atoms with Crippen LogP contribution in [0.4, 0.5) is 0 Å². The van der Waals surface area contributed by atoms with E-state index in [0.29, 0.717) is 39.1 Å². The van der Waals surface area contributed by atoms with Gasteiger partial charge in [0.2, 0.25) is 11.8 Å². The van der Waals surface area contributed by atoms with Gasteiger partial charge in [-0.1, -0.05) is 19.9 Å². The van der Waals surface area contributed by atoms with E-state index < -0.39 is 0 Å². The van der Waals surface area contributed by atoms with Crippen molar-refractivity contribution >= 4 is 11.8 Å². The lowest BCUT2D eigenvalue weighted by atomic mass is 9.75. The van der Waals surface area contributed by atoms with E-state index in [0.717, 1.165) is 25.8 Å². The number of hydrogen-bond donors (Lipinski definition) is 0. The van der Waals surface area contributed by atoms with Crippen LogP contribution in [0.25, 0.3) is 0 Å². The maximum Gasteiger partial charge on any atom is 0.223 e. The first-order chi connectivity index (χ1) is 11.0. The van der Waals surface area contributed by atoms with Gasteiger partial charge in [0.15, 0.2) is 0 Å². The number of amides is 2. The molecule has 0 N–H and O–H groups in total. The van der Waals surface area contributed by atoms with E-state index in [4.69, 9.17) is 4.74 Å². The maximum absolute atomic E-state index is 12.7. The number of piperidine rings is 1. The Kier molecular flexibility index (Phi) is 6.22. The number of carbonyl (C=O) groups excluding carboxylic acids is 2. The minimum atomic E-state index is 0.0678. The third-order valence-electron chi connectivity index (χ3n) is 5.13. The largest absolute Gasteiger partial charge is 0.378 e. The Balaban J connectivity index is 1.90. The predicted molar refractivity (Wildman–Crippen MR) is 90.0 cm³/mol. The molecule has 2 heterocycles. The Morgan fingerprint density at radius 1 is 1.17 bits per heavy atom. The van der Waals surface area contributed by atoms with Gasteiger partial charge in [-0.3, -0.25) is 9.59 Å². The van der Waals surface area contributed by atoms with E-state index in [1.54, 1.807) is 4.90 Å². The zero-order valence-corrected chi connectivity index (χ0v) is 14.6. The lowest BCUT2D eigenvalue weighted by molar-refractivity contribution is -0.143. The highest BCUT2D eigenvalue weighted by molar-refractivity contribution is 5.84. The lowest BCUT2D eigenvalue weighted by Gasteiger charge is -2.46. The van der Waals surface area contributed by atoms with Crippen molar-refractivity contribution in [1.29, 1.82) is 0 Å². The van der Waals surface area contributed by atoms with Gasteiger partial charge in [-0.05, 0) is 24.7 Å². The second kappa shape index (κ2) is 7.95. The number of ether oxygens (including phenoxy) is 1. The third kappa shape index (κ3) is 4.56.